The highest BCUT2D eigenvalue weighted by atomic mass is 32.2. The first kappa shape index (κ1) is 14.5. The summed E-state index contributed by atoms with van der Waals surface area (Å²) in [6.07, 6.45) is 1.90. The van der Waals surface area contributed by atoms with E-state index in [9.17, 15) is 9.59 Å². The highest BCUT2D eigenvalue weighted by Gasteiger charge is 2.15. The summed E-state index contributed by atoms with van der Waals surface area (Å²) in [5.74, 6) is 0.162. The van der Waals surface area contributed by atoms with Crippen molar-refractivity contribution in [1.29, 1.82) is 0 Å². The van der Waals surface area contributed by atoms with E-state index in [1.165, 1.54) is 23.8 Å². The van der Waals surface area contributed by atoms with Crippen LogP contribution < -0.4 is 0 Å². The molecular formula is C12H16N2O3S. The van der Waals surface area contributed by atoms with Crippen LogP contribution in [-0.2, 0) is 9.53 Å². The van der Waals surface area contributed by atoms with Crippen molar-refractivity contribution in [2.75, 3.05) is 27.0 Å². The van der Waals surface area contributed by atoms with Gasteiger partial charge < -0.3 is 9.64 Å². The van der Waals surface area contributed by atoms with Crippen LogP contribution in [0, 0.1) is 0 Å². The number of hydrogen-bond donors (Lipinski definition) is 0. The van der Waals surface area contributed by atoms with Crippen LogP contribution >= 0.6 is 11.8 Å². The number of amides is 1. The summed E-state index contributed by atoms with van der Waals surface area (Å²) in [5, 5.41) is 0. The van der Waals surface area contributed by atoms with Gasteiger partial charge >= 0.3 is 5.97 Å². The van der Waals surface area contributed by atoms with Gasteiger partial charge in [-0.05, 0) is 12.1 Å². The molecule has 0 radical (unpaired) electrons. The van der Waals surface area contributed by atoms with Gasteiger partial charge in [0.15, 0.2) is 0 Å². The molecular weight excluding hydrogens is 252 g/mol. The number of aromatic nitrogens is 1. The minimum Gasteiger partial charge on any atom is -0.469 e. The Morgan fingerprint density at radius 2 is 2.17 bits per heavy atom. The van der Waals surface area contributed by atoms with E-state index in [0.29, 0.717) is 17.9 Å². The normalized spacial score (nSPS) is 9.94. The lowest BCUT2D eigenvalue weighted by molar-refractivity contribution is -0.140. The van der Waals surface area contributed by atoms with Crippen molar-refractivity contribution in [3.8, 4) is 0 Å². The molecule has 1 aromatic heterocycles. The largest absolute Gasteiger partial charge is 0.469 e. The second-order valence-corrected chi connectivity index (χ2v) is 4.86. The lowest BCUT2D eigenvalue weighted by atomic mass is 10.3. The van der Waals surface area contributed by atoms with Gasteiger partial charge in [-0.25, -0.2) is 4.98 Å². The first-order valence-corrected chi connectivity index (χ1v) is 6.41. The maximum absolute atomic E-state index is 11.9. The fourth-order valence-corrected chi connectivity index (χ4v) is 2.17. The Kier molecular flexibility index (Phi) is 5.64. The van der Waals surface area contributed by atoms with Crippen molar-refractivity contribution in [2.24, 2.45) is 0 Å². The zero-order chi connectivity index (χ0) is 13.5. The van der Waals surface area contributed by atoms with Crippen molar-refractivity contribution in [3.63, 3.8) is 0 Å². The average Bonchev–Trinajstić information content (AvgIpc) is 2.38. The standard InChI is InChI=1S/C12H16N2O3S/c1-14(2)12(16)11-9(5-4-7-13-11)18-8-6-10(15)17-3/h4-5,7H,6,8H2,1-3H3. The van der Waals surface area contributed by atoms with E-state index in [0.717, 1.165) is 4.90 Å². The number of esters is 1. The molecule has 1 amide bonds. The Bertz CT molecular complexity index is 435. The molecule has 0 aliphatic heterocycles. The van der Waals surface area contributed by atoms with Gasteiger partial charge in [0, 0.05) is 30.9 Å². The molecule has 1 aromatic rings. The number of rotatable bonds is 5. The minimum absolute atomic E-state index is 0.142. The lowest BCUT2D eigenvalue weighted by Gasteiger charge is -2.12. The van der Waals surface area contributed by atoms with Gasteiger partial charge in [-0.2, -0.15) is 0 Å². The fourth-order valence-electron chi connectivity index (χ4n) is 1.23. The highest BCUT2D eigenvalue weighted by molar-refractivity contribution is 7.99. The number of nitrogens with zero attached hydrogens (tertiary/aromatic N) is 2. The predicted molar refractivity (Wildman–Crippen MR) is 69.6 cm³/mol. The average molecular weight is 268 g/mol. The first-order chi connectivity index (χ1) is 8.56. The fraction of sp³-hybridized carbons (Fsp3) is 0.417. The summed E-state index contributed by atoms with van der Waals surface area (Å²) in [6, 6.07) is 3.60. The topological polar surface area (TPSA) is 59.5 Å². The molecule has 0 unspecified atom stereocenters. The zero-order valence-electron chi connectivity index (χ0n) is 10.7. The van der Waals surface area contributed by atoms with E-state index < -0.39 is 0 Å². The van der Waals surface area contributed by atoms with E-state index >= 15 is 0 Å². The second kappa shape index (κ2) is 7.00. The summed E-state index contributed by atoms with van der Waals surface area (Å²) in [5.41, 5.74) is 0.414. The molecule has 0 saturated heterocycles. The maximum atomic E-state index is 11.9. The third-order valence-corrected chi connectivity index (χ3v) is 3.22. The van der Waals surface area contributed by atoms with Crippen LogP contribution in [0.1, 0.15) is 16.9 Å². The van der Waals surface area contributed by atoms with E-state index in [1.807, 2.05) is 6.07 Å². The molecule has 0 aromatic carbocycles. The summed E-state index contributed by atoms with van der Waals surface area (Å²) < 4.78 is 4.56. The quantitative estimate of drug-likeness (QED) is 0.597. The molecule has 0 spiro atoms. The monoisotopic (exact) mass is 268 g/mol. The number of carbonyl (C=O) groups excluding carboxylic acids is 2. The highest BCUT2D eigenvalue weighted by Crippen LogP contribution is 2.22. The van der Waals surface area contributed by atoms with E-state index in [-0.39, 0.29) is 11.9 Å². The number of pyridine rings is 1. The molecule has 1 rings (SSSR count). The van der Waals surface area contributed by atoms with Crippen LogP contribution in [0.15, 0.2) is 23.2 Å². The van der Waals surface area contributed by atoms with Gasteiger partial charge in [-0.3, -0.25) is 9.59 Å². The molecule has 98 valence electrons. The zero-order valence-corrected chi connectivity index (χ0v) is 11.5. The van der Waals surface area contributed by atoms with Crippen molar-refractivity contribution < 1.29 is 14.3 Å². The summed E-state index contributed by atoms with van der Waals surface area (Å²) in [6.45, 7) is 0. The molecule has 18 heavy (non-hydrogen) atoms. The Morgan fingerprint density at radius 1 is 1.44 bits per heavy atom. The van der Waals surface area contributed by atoms with Gasteiger partial charge in [0.1, 0.15) is 5.69 Å². The molecule has 0 saturated carbocycles. The number of methoxy groups -OCH3 is 1. The molecule has 0 aliphatic rings. The van der Waals surface area contributed by atoms with Crippen molar-refractivity contribution in [3.05, 3.63) is 24.0 Å². The van der Waals surface area contributed by atoms with Crippen LogP contribution in [0.2, 0.25) is 0 Å². The van der Waals surface area contributed by atoms with E-state index in [2.05, 4.69) is 9.72 Å². The van der Waals surface area contributed by atoms with E-state index in [1.54, 1.807) is 26.4 Å². The molecule has 6 heteroatoms. The van der Waals surface area contributed by atoms with Crippen molar-refractivity contribution >= 4 is 23.6 Å². The Hall–Kier alpha value is -1.56. The Balaban J connectivity index is 2.71. The van der Waals surface area contributed by atoms with Crippen molar-refractivity contribution in [2.45, 2.75) is 11.3 Å². The molecule has 0 aliphatic carbocycles. The van der Waals surface area contributed by atoms with Gasteiger partial charge in [0.2, 0.25) is 0 Å². The van der Waals surface area contributed by atoms with Crippen LogP contribution in [0.5, 0.6) is 0 Å². The van der Waals surface area contributed by atoms with Crippen molar-refractivity contribution in [1.82, 2.24) is 9.88 Å². The van der Waals surface area contributed by atoms with E-state index in [4.69, 9.17) is 0 Å². The van der Waals surface area contributed by atoms with Crippen LogP contribution in [0.3, 0.4) is 0 Å². The predicted octanol–water partition coefficient (Wildman–Crippen LogP) is 1.44. The third kappa shape index (κ3) is 4.03. The maximum Gasteiger partial charge on any atom is 0.306 e. The summed E-state index contributed by atoms with van der Waals surface area (Å²) >= 11 is 1.43. The summed E-state index contributed by atoms with van der Waals surface area (Å²) in [4.78, 5) is 29.2. The van der Waals surface area contributed by atoms with Gasteiger partial charge in [-0.1, -0.05) is 0 Å². The smallest absolute Gasteiger partial charge is 0.306 e. The SMILES string of the molecule is COC(=O)CCSc1cccnc1C(=O)N(C)C. The van der Waals surface area contributed by atoms with Crippen LogP contribution in [-0.4, -0.2) is 48.7 Å². The Labute approximate surface area is 111 Å². The van der Waals surface area contributed by atoms with Gasteiger partial charge in [0.25, 0.3) is 5.91 Å². The molecule has 0 fully saturated rings. The first-order valence-electron chi connectivity index (χ1n) is 5.42. The molecule has 0 bridgehead atoms. The summed E-state index contributed by atoms with van der Waals surface area (Å²) in [7, 11) is 4.72. The third-order valence-electron chi connectivity index (χ3n) is 2.17. The number of hydrogen-bond acceptors (Lipinski definition) is 5. The van der Waals surface area contributed by atoms with Gasteiger partial charge in [-0.15, -0.1) is 11.8 Å². The van der Waals surface area contributed by atoms with Crippen LogP contribution in [0.25, 0.3) is 0 Å². The lowest BCUT2D eigenvalue weighted by Crippen LogP contribution is -2.23. The molecule has 5 nitrogen and oxygen atoms in total. The molecule has 0 atom stereocenters. The Morgan fingerprint density at radius 3 is 2.78 bits per heavy atom. The minimum atomic E-state index is -0.258. The molecule has 1 heterocycles. The van der Waals surface area contributed by atoms with Gasteiger partial charge in [0.05, 0.1) is 13.5 Å². The molecule has 0 N–H and O–H groups in total. The number of carbonyl (C=O) groups is 2. The number of thioether (sulfide) groups is 1. The number of ether oxygens (including phenoxy) is 1. The van der Waals surface area contributed by atoms with Crippen LogP contribution in [0.4, 0.5) is 0 Å². The second-order valence-electron chi connectivity index (χ2n) is 3.72.